The van der Waals surface area contributed by atoms with Gasteiger partial charge in [-0.2, -0.15) is 0 Å². The summed E-state index contributed by atoms with van der Waals surface area (Å²) >= 11 is 0. The summed E-state index contributed by atoms with van der Waals surface area (Å²) in [4.78, 5) is 0. The molecule has 0 unspecified atom stereocenters. The zero-order chi connectivity index (χ0) is 14.7. The van der Waals surface area contributed by atoms with Crippen LogP contribution in [0, 0.1) is 0 Å². The lowest BCUT2D eigenvalue weighted by molar-refractivity contribution is -0.0761. The fraction of sp³-hybridized carbons (Fsp3) is 0.467. The lowest BCUT2D eigenvalue weighted by Gasteiger charge is -2.43. The molecule has 3 aliphatic rings. The number of nitrogens with one attached hydrogen (secondary N) is 1. The van der Waals surface area contributed by atoms with Crippen molar-refractivity contribution in [3.05, 3.63) is 48.0 Å². The highest BCUT2D eigenvalue weighted by atomic mass is 32.2. The number of aliphatic hydroxyl groups excluding tert-OH is 1. The highest BCUT2D eigenvalue weighted by Crippen LogP contribution is 2.47. The second-order valence-electron chi connectivity index (χ2n) is 6.00. The van der Waals surface area contributed by atoms with E-state index in [1.165, 1.54) is 0 Å². The van der Waals surface area contributed by atoms with Crippen LogP contribution in [-0.4, -0.2) is 42.6 Å². The van der Waals surface area contributed by atoms with Crippen molar-refractivity contribution in [2.45, 2.75) is 41.9 Å². The van der Waals surface area contributed by atoms with E-state index in [0.717, 1.165) is 5.56 Å². The Morgan fingerprint density at radius 2 is 2.10 bits per heavy atom. The van der Waals surface area contributed by atoms with Crippen LogP contribution >= 0.6 is 0 Å². The Labute approximate surface area is 123 Å². The van der Waals surface area contributed by atoms with Crippen molar-refractivity contribution in [3.8, 4) is 0 Å². The lowest BCUT2D eigenvalue weighted by atomic mass is 9.83. The molecular weight excluding hydrogens is 290 g/mol. The summed E-state index contributed by atoms with van der Waals surface area (Å²) in [6.07, 6.45) is 3.39. The van der Waals surface area contributed by atoms with E-state index < -0.39 is 33.0 Å². The third-order valence-corrected chi connectivity index (χ3v) is 6.65. The fourth-order valence-electron chi connectivity index (χ4n) is 3.72. The van der Waals surface area contributed by atoms with Gasteiger partial charge >= 0.3 is 0 Å². The molecule has 0 radical (unpaired) electrons. The summed E-state index contributed by atoms with van der Waals surface area (Å²) in [6, 6.07) is 8.98. The molecule has 1 aromatic carbocycles. The zero-order valence-electron chi connectivity index (χ0n) is 11.3. The van der Waals surface area contributed by atoms with E-state index in [0.29, 0.717) is 12.8 Å². The minimum absolute atomic E-state index is 0.197. The molecular formula is C15H17NO4S. The van der Waals surface area contributed by atoms with Crippen LogP contribution in [0.1, 0.15) is 12.0 Å². The number of benzene rings is 1. The number of fused-ring (bicyclic) bond motifs is 1. The SMILES string of the molecule is O=S1(=O)N[C@H](Cc2ccccc2)[C@H](O)[C@@]23C=C[C@@H](C[C@@H]21)O3. The van der Waals surface area contributed by atoms with E-state index in [2.05, 4.69) is 4.72 Å². The van der Waals surface area contributed by atoms with Gasteiger partial charge in [-0.25, -0.2) is 13.1 Å². The number of rotatable bonds is 2. The number of hydrogen-bond acceptors (Lipinski definition) is 4. The fourth-order valence-corrected chi connectivity index (χ4v) is 5.72. The Morgan fingerprint density at radius 1 is 1.33 bits per heavy atom. The third kappa shape index (κ3) is 1.90. The number of aliphatic hydroxyl groups is 1. The average Bonchev–Trinajstić information content (AvgIpc) is 3.05. The molecule has 0 saturated carbocycles. The molecule has 2 bridgehead atoms. The van der Waals surface area contributed by atoms with Gasteiger partial charge in [-0.05, 0) is 18.4 Å². The average molecular weight is 307 g/mol. The molecule has 0 aliphatic carbocycles. The molecule has 3 aliphatic heterocycles. The molecule has 6 heteroatoms. The first-order valence-corrected chi connectivity index (χ1v) is 8.66. The molecule has 112 valence electrons. The van der Waals surface area contributed by atoms with E-state index in [-0.39, 0.29) is 6.10 Å². The van der Waals surface area contributed by atoms with Gasteiger partial charge in [0.25, 0.3) is 0 Å². The maximum absolute atomic E-state index is 12.5. The zero-order valence-corrected chi connectivity index (χ0v) is 12.2. The van der Waals surface area contributed by atoms with Gasteiger partial charge in [-0.1, -0.05) is 42.5 Å². The van der Waals surface area contributed by atoms with Gasteiger partial charge < -0.3 is 9.84 Å². The van der Waals surface area contributed by atoms with Gasteiger partial charge in [-0.3, -0.25) is 0 Å². The van der Waals surface area contributed by atoms with Crippen LogP contribution in [-0.2, 0) is 21.2 Å². The minimum atomic E-state index is -3.49. The van der Waals surface area contributed by atoms with Crippen LogP contribution < -0.4 is 4.72 Å². The predicted octanol–water partition coefficient (Wildman–Crippen LogP) is 0.358. The van der Waals surface area contributed by atoms with Crippen molar-refractivity contribution in [3.63, 3.8) is 0 Å². The first-order valence-electron chi connectivity index (χ1n) is 7.11. The first-order chi connectivity index (χ1) is 10.0. The van der Waals surface area contributed by atoms with Crippen LogP contribution in [0.2, 0.25) is 0 Å². The van der Waals surface area contributed by atoms with E-state index in [4.69, 9.17) is 4.74 Å². The molecule has 5 nitrogen and oxygen atoms in total. The van der Waals surface area contributed by atoms with Gasteiger partial charge in [0.2, 0.25) is 10.0 Å². The molecule has 5 atom stereocenters. The number of sulfonamides is 1. The molecule has 21 heavy (non-hydrogen) atoms. The van der Waals surface area contributed by atoms with Crippen molar-refractivity contribution >= 4 is 10.0 Å². The van der Waals surface area contributed by atoms with E-state index >= 15 is 0 Å². The predicted molar refractivity (Wildman–Crippen MR) is 77.1 cm³/mol. The largest absolute Gasteiger partial charge is 0.388 e. The highest BCUT2D eigenvalue weighted by Gasteiger charge is 2.64. The first kappa shape index (κ1) is 13.5. The molecule has 0 amide bonds. The lowest BCUT2D eigenvalue weighted by Crippen LogP contribution is -2.67. The monoisotopic (exact) mass is 307 g/mol. The summed E-state index contributed by atoms with van der Waals surface area (Å²) in [6.45, 7) is 0. The maximum atomic E-state index is 12.5. The molecule has 4 rings (SSSR count). The molecule has 1 aromatic rings. The molecule has 0 aromatic heterocycles. The van der Waals surface area contributed by atoms with Crippen LogP contribution in [0.5, 0.6) is 0 Å². The standard InChI is InChI=1S/C15H17NO4S/c17-14-12(8-10-4-2-1-3-5-10)16-21(18,19)13-9-11-6-7-15(13,14)20-11/h1-7,11-14,16-17H,8-9H2/t11-,12+,13-,14-,15+/m0/s1. The van der Waals surface area contributed by atoms with Crippen molar-refractivity contribution < 1.29 is 18.3 Å². The molecule has 2 fully saturated rings. The molecule has 1 spiro atoms. The Bertz CT molecular complexity index is 687. The second-order valence-corrected chi connectivity index (χ2v) is 7.89. The van der Waals surface area contributed by atoms with E-state index in [1.54, 1.807) is 6.08 Å². The summed E-state index contributed by atoms with van der Waals surface area (Å²) in [5, 5.41) is 10.0. The van der Waals surface area contributed by atoms with Crippen molar-refractivity contribution in [1.82, 2.24) is 4.72 Å². The van der Waals surface area contributed by atoms with Crippen molar-refractivity contribution in [2.75, 3.05) is 0 Å². The molecule has 3 heterocycles. The number of ether oxygens (including phenoxy) is 1. The van der Waals surface area contributed by atoms with Crippen molar-refractivity contribution in [2.24, 2.45) is 0 Å². The van der Waals surface area contributed by atoms with E-state index in [9.17, 15) is 13.5 Å². The van der Waals surface area contributed by atoms with Crippen LogP contribution in [0.4, 0.5) is 0 Å². The van der Waals surface area contributed by atoms with Gasteiger partial charge in [-0.15, -0.1) is 0 Å². The maximum Gasteiger partial charge on any atom is 0.218 e. The van der Waals surface area contributed by atoms with Gasteiger partial charge in [0.1, 0.15) is 17.0 Å². The summed E-state index contributed by atoms with van der Waals surface area (Å²) < 4.78 is 33.4. The summed E-state index contributed by atoms with van der Waals surface area (Å²) in [7, 11) is -3.49. The third-order valence-electron chi connectivity index (χ3n) is 4.71. The Kier molecular flexibility index (Phi) is 2.81. The smallest absolute Gasteiger partial charge is 0.218 e. The van der Waals surface area contributed by atoms with Gasteiger partial charge in [0.05, 0.1) is 12.1 Å². The van der Waals surface area contributed by atoms with Crippen LogP contribution in [0.15, 0.2) is 42.5 Å². The minimum Gasteiger partial charge on any atom is -0.388 e. The molecule has 2 N–H and O–H groups in total. The second kappa shape index (κ2) is 4.39. The normalized spacial score (nSPS) is 42.9. The van der Waals surface area contributed by atoms with Gasteiger partial charge in [0, 0.05) is 0 Å². The van der Waals surface area contributed by atoms with E-state index in [1.807, 2.05) is 36.4 Å². The molecule has 2 saturated heterocycles. The van der Waals surface area contributed by atoms with Crippen LogP contribution in [0.25, 0.3) is 0 Å². The number of hydrogen-bond donors (Lipinski definition) is 2. The topological polar surface area (TPSA) is 75.6 Å². The Hall–Kier alpha value is -1.21. The van der Waals surface area contributed by atoms with Crippen LogP contribution in [0.3, 0.4) is 0 Å². The highest BCUT2D eigenvalue weighted by molar-refractivity contribution is 7.90. The quantitative estimate of drug-likeness (QED) is 0.774. The Morgan fingerprint density at radius 3 is 2.81 bits per heavy atom. The summed E-state index contributed by atoms with van der Waals surface area (Å²) in [5.74, 6) is 0. The van der Waals surface area contributed by atoms with Crippen molar-refractivity contribution in [1.29, 1.82) is 0 Å². The summed E-state index contributed by atoms with van der Waals surface area (Å²) in [5.41, 5.74) is -0.0931. The Balaban J connectivity index is 1.69. The van der Waals surface area contributed by atoms with Gasteiger partial charge in [0.15, 0.2) is 0 Å².